The number of nitrogens with zero attached hydrogens (tertiary/aromatic N) is 3. The van der Waals surface area contributed by atoms with Gasteiger partial charge in [-0.3, -0.25) is 9.88 Å². The molecule has 134 valence electrons. The number of pyridine rings is 1. The molecule has 0 radical (unpaired) electrons. The van der Waals surface area contributed by atoms with Gasteiger partial charge in [-0.2, -0.15) is 0 Å². The SMILES string of the molecule is Cc1cc(CCC2CCCN2C2CCN(S(C)(=O)=O)CC2)ccn1. The van der Waals surface area contributed by atoms with Crippen molar-refractivity contribution in [3.05, 3.63) is 29.6 Å². The summed E-state index contributed by atoms with van der Waals surface area (Å²) in [6.45, 7) is 4.57. The van der Waals surface area contributed by atoms with Crippen molar-refractivity contribution in [1.82, 2.24) is 14.2 Å². The Morgan fingerprint density at radius 3 is 2.62 bits per heavy atom. The molecule has 0 bridgehead atoms. The monoisotopic (exact) mass is 351 g/mol. The van der Waals surface area contributed by atoms with E-state index in [9.17, 15) is 8.42 Å². The molecule has 1 aromatic rings. The van der Waals surface area contributed by atoms with Gasteiger partial charge in [-0.1, -0.05) is 0 Å². The Bertz CT molecular complexity index is 654. The average molecular weight is 352 g/mol. The highest BCUT2D eigenvalue weighted by Crippen LogP contribution is 2.29. The summed E-state index contributed by atoms with van der Waals surface area (Å²) >= 11 is 0. The lowest BCUT2D eigenvalue weighted by Gasteiger charge is -2.38. The number of rotatable bonds is 5. The minimum absolute atomic E-state index is 0.551. The number of hydrogen-bond donors (Lipinski definition) is 0. The van der Waals surface area contributed by atoms with E-state index in [1.807, 2.05) is 13.1 Å². The molecule has 0 spiro atoms. The molecule has 0 aliphatic carbocycles. The van der Waals surface area contributed by atoms with Crippen molar-refractivity contribution in [2.45, 2.75) is 57.5 Å². The zero-order chi connectivity index (χ0) is 17.2. The third-order valence-electron chi connectivity index (χ3n) is 5.51. The molecule has 2 aliphatic heterocycles. The molecule has 2 fully saturated rings. The summed E-state index contributed by atoms with van der Waals surface area (Å²) in [5, 5.41) is 0. The number of likely N-dealkylation sites (tertiary alicyclic amines) is 1. The Hall–Kier alpha value is -0.980. The average Bonchev–Trinajstić information content (AvgIpc) is 3.01. The van der Waals surface area contributed by atoms with Gasteiger partial charge in [0.05, 0.1) is 6.26 Å². The van der Waals surface area contributed by atoms with Gasteiger partial charge in [0.25, 0.3) is 0 Å². The molecule has 3 rings (SSSR count). The first-order chi connectivity index (χ1) is 11.4. The molecule has 2 saturated heterocycles. The first kappa shape index (κ1) is 17.8. The summed E-state index contributed by atoms with van der Waals surface area (Å²) in [4.78, 5) is 6.93. The maximum Gasteiger partial charge on any atom is 0.211 e. The molecular weight excluding hydrogens is 322 g/mol. The van der Waals surface area contributed by atoms with Crippen LogP contribution in [0.5, 0.6) is 0 Å². The zero-order valence-electron chi connectivity index (χ0n) is 14.8. The number of piperidine rings is 1. The summed E-state index contributed by atoms with van der Waals surface area (Å²) in [5.41, 5.74) is 2.46. The van der Waals surface area contributed by atoms with Gasteiger partial charge in [-0.15, -0.1) is 0 Å². The van der Waals surface area contributed by atoms with E-state index in [0.29, 0.717) is 25.2 Å². The maximum atomic E-state index is 11.7. The summed E-state index contributed by atoms with van der Waals surface area (Å²) < 4.78 is 25.0. The first-order valence-corrected chi connectivity index (χ1v) is 10.9. The van der Waals surface area contributed by atoms with Crippen molar-refractivity contribution in [3.8, 4) is 0 Å². The van der Waals surface area contributed by atoms with Crippen molar-refractivity contribution in [2.75, 3.05) is 25.9 Å². The fraction of sp³-hybridized carbons (Fsp3) is 0.722. The highest BCUT2D eigenvalue weighted by Gasteiger charge is 2.34. The fourth-order valence-electron chi connectivity index (χ4n) is 4.25. The van der Waals surface area contributed by atoms with E-state index in [1.165, 1.54) is 37.6 Å². The van der Waals surface area contributed by atoms with Gasteiger partial charge in [0.1, 0.15) is 0 Å². The van der Waals surface area contributed by atoms with E-state index < -0.39 is 10.0 Å². The second-order valence-electron chi connectivity index (χ2n) is 7.27. The molecule has 0 saturated carbocycles. The van der Waals surface area contributed by atoms with Crippen molar-refractivity contribution in [1.29, 1.82) is 0 Å². The number of aryl methyl sites for hydroxylation is 2. The van der Waals surface area contributed by atoms with Gasteiger partial charge in [0.2, 0.25) is 10.0 Å². The number of hydrogen-bond acceptors (Lipinski definition) is 4. The molecule has 5 nitrogen and oxygen atoms in total. The van der Waals surface area contributed by atoms with Crippen LogP contribution in [-0.2, 0) is 16.4 Å². The fourth-order valence-corrected chi connectivity index (χ4v) is 5.12. The molecule has 6 heteroatoms. The third-order valence-corrected chi connectivity index (χ3v) is 6.81. The maximum absolute atomic E-state index is 11.7. The minimum Gasteiger partial charge on any atom is -0.297 e. The predicted molar refractivity (Wildman–Crippen MR) is 96.5 cm³/mol. The largest absolute Gasteiger partial charge is 0.297 e. The van der Waals surface area contributed by atoms with Crippen LogP contribution in [-0.4, -0.2) is 60.6 Å². The van der Waals surface area contributed by atoms with Crippen LogP contribution < -0.4 is 0 Å². The Kier molecular flexibility index (Phi) is 5.57. The predicted octanol–water partition coefficient (Wildman–Crippen LogP) is 2.21. The topological polar surface area (TPSA) is 53.5 Å². The minimum atomic E-state index is -3.03. The molecule has 1 aromatic heterocycles. The van der Waals surface area contributed by atoms with Gasteiger partial charge in [0, 0.05) is 37.1 Å². The van der Waals surface area contributed by atoms with Crippen LogP contribution in [0.4, 0.5) is 0 Å². The summed E-state index contributed by atoms with van der Waals surface area (Å²) in [7, 11) is -3.03. The Balaban J connectivity index is 1.54. The second kappa shape index (κ2) is 7.50. The van der Waals surface area contributed by atoms with Gasteiger partial charge in [-0.05, 0) is 69.7 Å². The van der Waals surface area contributed by atoms with Gasteiger partial charge in [0.15, 0.2) is 0 Å². The number of aromatic nitrogens is 1. The third kappa shape index (κ3) is 4.35. The molecule has 1 unspecified atom stereocenters. The van der Waals surface area contributed by atoms with Gasteiger partial charge in [-0.25, -0.2) is 12.7 Å². The Labute approximate surface area is 146 Å². The summed E-state index contributed by atoms with van der Waals surface area (Å²) in [6, 6.07) is 5.50. The standard InChI is InChI=1S/C18H29N3O2S/c1-15-14-16(7-10-19-15)5-6-17-4-3-11-21(17)18-8-12-20(13-9-18)24(2,22)23/h7,10,14,17-18H,3-6,8-9,11-13H2,1-2H3. The molecular formula is C18H29N3O2S. The molecule has 24 heavy (non-hydrogen) atoms. The zero-order valence-corrected chi connectivity index (χ0v) is 15.6. The van der Waals surface area contributed by atoms with Crippen LogP contribution in [0.25, 0.3) is 0 Å². The van der Waals surface area contributed by atoms with E-state index in [1.54, 1.807) is 4.31 Å². The highest BCUT2D eigenvalue weighted by atomic mass is 32.2. The smallest absolute Gasteiger partial charge is 0.211 e. The molecule has 0 N–H and O–H groups in total. The van der Waals surface area contributed by atoms with E-state index >= 15 is 0 Å². The Morgan fingerprint density at radius 1 is 1.21 bits per heavy atom. The van der Waals surface area contributed by atoms with Crippen molar-refractivity contribution in [2.24, 2.45) is 0 Å². The van der Waals surface area contributed by atoms with Crippen LogP contribution in [0.2, 0.25) is 0 Å². The first-order valence-electron chi connectivity index (χ1n) is 9.06. The van der Waals surface area contributed by atoms with Crippen LogP contribution in [0, 0.1) is 6.92 Å². The van der Waals surface area contributed by atoms with Crippen molar-refractivity contribution < 1.29 is 8.42 Å². The van der Waals surface area contributed by atoms with E-state index in [2.05, 4.69) is 22.0 Å². The van der Waals surface area contributed by atoms with Crippen LogP contribution in [0.3, 0.4) is 0 Å². The molecule has 1 atom stereocenters. The van der Waals surface area contributed by atoms with Crippen molar-refractivity contribution >= 4 is 10.0 Å². The lowest BCUT2D eigenvalue weighted by Crippen LogP contribution is -2.48. The summed E-state index contributed by atoms with van der Waals surface area (Å²) in [6.07, 6.45) is 10.0. The molecule has 0 aromatic carbocycles. The number of sulfonamides is 1. The van der Waals surface area contributed by atoms with Crippen LogP contribution >= 0.6 is 0 Å². The normalized spacial score (nSPS) is 24.5. The van der Waals surface area contributed by atoms with Crippen molar-refractivity contribution in [3.63, 3.8) is 0 Å². The highest BCUT2D eigenvalue weighted by molar-refractivity contribution is 7.88. The Morgan fingerprint density at radius 2 is 1.96 bits per heavy atom. The lowest BCUT2D eigenvalue weighted by atomic mass is 10.00. The van der Waals surface area contributed by atoms with E-state index in [0.717, 1.165) is 25.0 Å². The molecule has 2 aliphatic rings. The van der Waals surface area contributed by atoms with Crippen LogP contribution in [0.15, 0.2) is 18.3 Å². The molecule has 3 heterocycles. The quantitative estimate of drug-likeness (QED) is 0.816. The lowest BCUT2D eigenvalue weighted by molar-refractivity contribution is 0.123. The van der Waals surface area contributed by atoms with Gasteiger partial charge >= 0.3 is 0 Å². The van der Waals surface area contributed by atoms with E-state index in [-0.39, 0.29) is 0 Å². The van der Waals surface area contributed by atoms with Gasteiger partial charge < -0.3 is 0 Å². The summed E-state index contributed by atoms with van der Waals surface area (Å²) in [5.74, 6) is 0. The van der Waals surface area contributed by atoms with Crippen LogP contribution in [0.1, 0.15) is 43.4 Å². The second-order valence-corrected chi connectivity index (χ2v) is 9.25. The molecule has 0 amide bonds. The van der Waals surface area contributed by atoms with E-state index in [4.69, 9.17) is 0 Å².